The molecule has 29 heavy (non-hydrogen) atoms. The minimum absolute atomic E-state index is 0.205. The van der Waals surface area contributed by atoms with E-state index in [2.05, 4.69) is 10.6 Å². The molecule has 0 bridgehead atoms. The number of amides is 2. The predicted octanol–water partition coefficient (Wildman–Crippen LogP) is 4.18. The van der Waals surface area contributed by atoms with Gasteiger partial charge in [-0.25, -0.2) is 0 Å². The van der Waals surface area contributed by atoms with Crippen LogP contribution in [0.2, 0.25) is 0 Å². The van der Waals surface area contributed by atoms with Crippen molar-refractivity contribution < 1.29 is 18.7 Å². The zero-order valence-electron chi connectivity index (χ0n) is 16.3. The zero-order valence-corrected chi connectivity index (χ0v) is 16.3. The molecule has 1 heterocycles. The molecule has 0 unspecified atom stereocenters. The van der Waals surface area contributed by atoms with Gasteiger partial charge in [-0.1, -0.05) is 23.8 Å². The van der Waals surface area contributed by atoms with Crippen molar-refractivity contribution in [2.24, 2.45) is 0 Å². The molecule has 2 amide bonds. The Labute approximate surface area is 169 Å². The van der Waals surface area contributed by atoms with Gasteiger partial charge in [-0.2, -0.15) is 0 Å². The van der Waals surface area contributed by atoms with Crippen LogP contribution in [0.5, 0.6) is 5.75 Å². The SMILES string of the molecule is COc1ccc(C)cc1/C=C/C(=O)NCc1ccc(NC(=O)c2ccco2)cc1. The standard InChI is InChI=1S/C23H22N2O4/c1-16-5-11-20(28-2)18(14-16)8-12-22(26)24-15-17-6-9-19(10-7-17)25-23(27)21-4-3-13-29-21/h3-14H,15H2,1-2H3,(H,24,26)(H,25,27)/b12-8+. The van der Waals surface area contributed by atoms with Crippen molar-refractivity contribution in [1.29, 1.82) is 0 Å². The highest BCUT2D eigenvalue weighted by Crippen LogP contribution is 2.21. The molecular formula is C23H22N2O4. The van der Waals surface area contributed by atoms with Gasteiger partial charge in [-0.05, 0) is 55.0 Å². The van der Waals surface area contributed by atoms with Crippen molar-refractivity contribution in [1.82, 2.24) is 5.32 Å². The second-order valence-corrected chi connectivity index (χ2v) is 6.42. The predicted molar refractivity (Wildman–Crippen MR) is 112 cm³/mol. The van der Waals surface area contributed by atoms with Gasteiger partial charge in [0, 0.05) is 23.9 Å². The third-order valence-corrected chi connectivity index (χ3v) is 4.22. The monoisotopic (exact) mass is 390 g/mol. The summed E-state index contributed by atoms with van der Waals surface area (Å²) in [5.41, 5.74) is 3.49. The fraction of sp³-hybridized carbons (Fsp3) is 0.130. The lowest BCUT2D eigenvalue weighted by atomic mass is 10.1. The van der Waals surface area contributed by atoms with Crippen molar-refractivity contribution in [3.63, 3.8) is 0 Å². The Bertz CT molecular complexity index is 1010. The average Bonchev–Trinajstić information content (AvgIpc) is 3.27. The molecular weight excluding hydrogens is 368 g/mol. The van der Waals surface area contributed by atoms with E-state index in [1.54, 1.807) is 37.5 Å². The number of benzene rings is 2. The third-order valence-electron chi connectivity index (χ3n) is 4.22. The maximum atomic E-state index is 12.1. The first-order valence-corrected chi connectivity index (χ1v) is 9.09. The Kier molecular flexibility index (Phi) is 6.47. The molecule has 148 valence electrons. The molecule has 2 aromatic carbocycles. The molecule has 6 heteroatoms. The van der Waals surface area contributed by atoms with Gasteiger partial charge in [0.2, 0.25) is 5.91 Å². The van der Waals surface area contributed by atoms with Gasteiger partial charge in [0.15, 0.2) is 5.76 Å². The zero-order chi connectivity index (χ0) is 20.6. The van der Waals surface area contributed by atoms with Crippen LogP contribution in [-0.4, -0.2) is 18.9 Å². The molecule has 0 spiro atoms. The number of aryl methyl sites for hydroxylation is 1. The van der Waals surface area contributed by atoms with Crippen LogP contribution in [0.3, 0.4) is 0 Å². The minimum atomic E-state index is -0.312. The summed E-state index contributed by atoms with van der Waals surface area (Å²) in [6, 6.07) is 16.3. The molecule has 3 rings (SSSR count). The van der Waals surface area contributed by atoms with Crippen LogP contribution in [0.4, 0.5) is 5.69 Å². The lowest BCUT2D eigenvalue weighted by Gasteiger charge is -2.07. The molecule has 0 fully saturated rings. The fourth-order valence-electron chi connectivity index (χ4n) is 2.70. The van der Waals surface area contributed by atoms with Gasteiger partial charge >= 0.3 is 0 Å². The lowest BCUT2D eigenvalue weighted by Crippen LogP contribution is -2.20. The van der Waals surface area contributed by atoms with E-state index in [0.29, 0.717) is 18.0 Å². The highest BCUT2D eigenvalue weighted by atomic mass is 16.5. The molecule has 3 aromatic rings. The van der Waals surface area contributed by atoms with Crippen LogP contribution in [0.25, 0.3) is 6.08 Å². The molecule has 0 saturated carbocycles. The molecule has 1 aromatic heterocycles. The van der Waals surface area contributed by atoms with E-state index in [-0.39, 0.29) is 17.6 Å². The van der Waals surface area contributed by atoms with Gasteiger partial charge in [0.05, 0.1) is 13.4 Å². The number of anilines is 1. The molecule has 0 aliphatic carbocycles. The number of nitrogens with one attached hydrogen (secondary N) is 2. The molecule has 0 saturated heterocycles. The lowest BCUT2D eigenvalue weighted by molar-refractivity contribution is -0.116. The summed E-state index contributed by atoms with van der Waals surface area (Å²) < 4.78 is 10.4. The summed E-state index contributed by atoms with van der Waals surface area (Å²) in [4.78, 5) is 24.1. The highest BCUT2D eigenvalue weighted by Gasteiger charge is 2.08. The summed E-state index contributed by atoms with van der Waals surface area (Å²) in [5.74, 6) is 0.446. The van der Waals surface area contributed by atoms with Crippen molar-refractivity contribution >= 4 is 23.6 Å². The smallest absolute Gasteiger partial charge is 0.291 e. The highest BCUT2D eigenvalue weighted by molar-refractivity contribution is 6.02. The topological polar surface area (TPSA) is 80.6 Å². The van der Waals surface area contributed by atoms with Crippen LogP contribution >= 0.6 is 0 Å². The molecule has 0 aliphatic heterocycles. The van der Waals surface area contributed by atoms with Crippen molar-refractivity contribution in [3.05, 3.63) is 89.4 Å². The second-order valence-electron chi connectivity index (χ2n) is 6.42. The summed E-state index contributed by atoms with van der Waals surface area (Å²) in [6.07, 6.45) is 4.66. The second kappa shape index (κ2) is 9.41. The van der Waals surface area contributed by atoms with Gasteiger partial charge in [-0.3, -0.25) is 9.59 Å². The number of ether oxygens (including phenoxy) is 1. The first-order valence-electron chi connectivity index (χ1n) is 9.09. The summed E-state index contributed by atoms with van der Waals surface area (Å²) in [5, 5.41) is 5.58. The number of hydrogen-bond acceptors (Lipinski definition) is 4. The van der Waals surface area contributed by atoms with Gasteiger partial charge in [-0.15, -0.1) is 0 Å². The Balaban J connectivity index is 1.52. The van der Waals surface area contributed by atoms with E-state index in [4.69, 9.17) is 9.15 Å². The van der Waals surface area contributed by atoms with E-state index in [9.17, 15) is 9.59 Å². The summed E-state index contributed by atoms with van der Waals surface area (Å²) in [6.45, 7) is 2.36. The number of carbonyl (C=O) groups is 2. The number of methoxy groups -OCH3 is 1. The Morgan fingerprint density at radius 2 is 1.90 bits per heavy atom. The van der Waals surface area contributed by atoms with Gasteiger partial charge in [0.25, 0.3) is 5.91 Å². The number of carbonyl (C=O) groups excluding carboxylic acids is 2. The fourth-order valence-corrected chi connectivity index (χ4v) is 2.70. The van der Waals surface area contributed by atoms with E-state index in [0.717, 1.165) is 16.7 Å². The van der Waals surface area contributed by atoms with Crippen LogP contribution < -0.4 is 15.4 Å². The van der Waals surface area contributed by atoms with E-state index in [1.807, 2.05) is 37.3 Å². The summed E-state index contributed by atoms with van der Waals surface area (Å²) in [7, 11) is 1.60. The van der Waals surface area contributed by atoms with Crippen molar-refractivity contribution in [3.8, 4) is 5.75 Å². The Hall–Kier alpha value is -3.80. The molecule has 6 nitrogen and oxygen atoms in total. The number of furan rings is 1. The Morgan fingerprint density at radius 3 is 2.59 bits per heavy atom. The minimum Gasteiger partial charge on any atom is -0.496 e. The van der Waals surface area contributed by atoms with Gasteiger partial charge < -0.3 is 19.8 Å². The Morgan fingerprint density at radius 1 is 1.10 bits per heavy atom. The first kappa shape index (κ1) is 19.9. The first-order chi connectivity index (χ1) is 14.0. The quantitative estimate of drug-likeness (QED) is 0.593. The van der Waals surface area contributed by atoms with Crippen LogP contribution in [0, 0.1) is 6.92 Å². The molecule has 0 radical (unpaired) electrons. The van der Waals surface area contributed by atoms with Crippen LogP contribution in [0.15, 0.2) is 71.4 Å². The third kappa shape index (κ3) is 5.59. The largest absolute Gasteiger partial charge is 0.496 e. The van der Waals surface area contributed by atoms with Gasteiger partial charge in [0.1, 0.15) is 5.75 Å². The van der Waals surface area contributed by atoms with Crippen molar-refractivity contribution in [2.75, 3.05) is 12.4 Å². The summed E-state index contributed by atoms with van der Waals surface area (Å²) >= 11 is 0. The van der Waals surface area contributed by atoms with Crippen LogP contribution in [-0.2, 0) is 11.3 Å². The average molecular weight is 390 g/mol. The maximum Gasteiger partial charge on any atom is 0.291 e. The number of hydrogen-bond donors (Lipinski definition) is 2. The molecule has 2 N–H and O–H groups in total. The maximum absolute atomic E-state index is 12.1. The number of rotatable bonds is 7. The normalized spacial score (nSPS) is 10.7. The van der Waals surface area contributed by atoms with E-state index in [1.165, 1.54) is 12.3 Å². The van der Waals surface area contributed by atoms with Crippen molar-refractivity contribution in [2.45, 2.75) is 13.5 Å². The molecule has 0 atom stereocenters. The van der Waals surface area contributed by atoms with Crippen LogP contribution in [0.1, 0.15) is 27.2 Å². The van der Waals surface area contributed by atoms with E-state index >= 15 is 0 Å². The molecule has 0 aliphatic rings. The van der Waals surface area contributed by atoms with E-state index < -0.39 is 0 Å².